The van der Waals surface area contributed by atoms with Gasteiger partial charge >= 0.3 is 0 Å². The number of carbonyl (C=O) groups is 1. The van der Waals surface area contributed by atoms with Gasteiger partial charge in [-0.3, -0.25) is 4.79 Å². The van der Waals surface area contributed by atoms with E-state index in [1.165, 1.54) is 12.8 Å². The standard InChI is InChI=1S/C22H33NO3/c1-22(2,3)19-15-17(13-14-25-19)23-21(24)20(16-9-5-4-6-10-16)26-18-11-7-8-12-18/h4-6,9-10,17-20H,7-8,11-15H2,1-3H3,(H,23,24)/t17-,19+,20+/m1/s1. The molecule has 1 heterocycles. The molecule has 1 aromatic rings. The highest BCUT2D eigenvalue weighted by Gasteiger charge is 2.34. The average molecular weight is 360 g/mol. The van der Waals surface area contributed by atoms with Gasteiger partial charge in [-0.15, -0.1) is 0 Å². The van der Waals surface area contributed by atoms with Crippen LogP contribution in [0.4, 0.5) is 0 Å². The fourth-order valence-corrected chi connectivity index (χ4v) is 3.94. The first-order valence-electron chi connectivity index (χ1n) is 10.1. The van der Waals surface area contributed by atoms with Crippen LogP contribution in [0.2, 0.25) is 0 Å². The molecule has 1 aliphatic carbocycles. The van der Waals surface area contributed by atoms with Crippen LogP contribution in [0.25, 0.3) is 0 Å². The second-order valence-electron chi connectivity index (χ2n) is 8.79. The zero-order valence-electron chi connectivity index (χ0n) is 16.4. The lowest BCUT2D eigenvalue weighted by atomic mass is 9.83. The van der Waals surface area contributed by atoms with Crippen LogP contribution in [0, 0.1) is 5.41 Å². The highest BCUT2D eigenvalue weighted by Crippen LogP contribution is 2.31. The summed E-state index contributed by atoms with van der Waals surface area (Å²) in [6, 6.07) is 10.0. The van der Waals surface area contributed by atoms with Gasteiger partial charge in [0.1, 0.15) is 0 Å². The van der Waals surface area contributed by atoms with Crippen LogP contribution in [0.5, 0.6) is 0 Å². The van der Waals surface area contributed by atoms with Crippen molar-refractivity contribution in [2.75, 3.05) is 6.61 Å². The highest BCUT2D eigenvalue weighted by atomic mass is 16.5. The summed E-state index contributed by atoms with van der Waals surface area (Å²) in [4.78, 5) is 13.1. The van der Waals surface area contributed by atoms with Crippen LogP contribution in [0.15, 0.2) is 30.3 Å². The molecule has 3 atom stereocenters. The number of rotatable bonds is 5. The number of benzene rings is 1. The summed E-state index contributed by atoms with van der Waals surface area (Å²) in [5.74, 6) is -0.0114. The van der Waals surface area contributed by atoms with Crippen molar-refractivity contribution in [1.82, 2.24) is 5.32 Å². The van der Waals surface area contributed by atoms with Crippen LogP contribution in [-0.2, 0) is 14.3 Å². The van der Waals surface area contributed by atoms with Gasteiger partial charge in [-0.1, -0.05) is 63.9 Å². The van der Waals surface area contributed by atoms with Gasteiger partial charge in [0.15, 0.2) is 6.10 Å². The van der Waals surface area contributed by atoms with E-state index in [1.54, 1.807) is 0 Å². The SMILES string of the molecule is CC(C)(C)[C@@H]1C[C@H](NC(=O)[C@@H](OC2CCCC2)c2ccccc2)CCO1. The number of amides is 1. The maximum Gasteiger partial charge on any atom is 0.254 e. The van der Waals surface area contributed by atoms with E-state index in [4.69, 9.17) is 9.47 Å². The van der Waals surface area contributed by atoms with Crippen molar-refractivity contribution in [2.45, 2.75) is 83.6 Å². The van der Waals surface area contributed by atoms with Gasteiger partial charge < -0.3 is 14.8 Å². The van der Waals surface area contributed by atoms with Crippen LogP contribution in [-0.4, -0.2) is 30.8 Å². The van der Waals surface area contributed by atoms with E-state index < -0.39 is 6.10 Å². The van der Waals surface area contributed by atoms with Gasteiger partial charge in [0.05, 0.1) is 12.2 Å². The van der Waals surface area contributed by atoms with E-state index in [0.717, 1.165) is 31.2 Å². The molecule has 2 fully saturated rings. The molecule has 0 unspecified atom stereocenters. The Bertz CT molecular complexity index is 575. The van der Waals surface area contributed by atoms with E-state index in [-0.39, 0.29) is 29.6 Å². The molecular formula is C22H33NO3. The molecule has 4 heteroatoms. The van der Waals surface area contributed by atoms with Crippen molar-refractivity contribution in [3.8, 4) is 0 Å². The molecular weight excluding hydrogens is 326 g/mol. The Kier molecular flexibility index (Phi) is 6.36. The van der Waals surface area contributed by atoms with Crippen molar-refractivity contribution in [2.24, 2.45) is 5.41 Å². The molecule has 4 nitrogen and oxygen atoms in total. The van der Waals surface area contributed by atoms with Crippen molar-refractivity contribution >= 4 is 5.91 Å². The minimum Gasteiger partial charge on any atom is -0.378 e. The Morgan fingerprint density at radius 2 is 1.85 bits per heavy atom. The molecule has 26 heavy (non-hydrogen) atoms. The van der Waals surface area contributed by atoms with Gasteiger partial charge in [-0.25, -0.2) is 0 Å². The van der Waals surface area contributed by atoms with Crippen molar-refractivity contribution < 1.29 is 14.3 Å². The van der Waals surface area contributed by atoms with Gasteiger partial charge in [0.2, 0.25) is 0 Å². The zero-order valence-corrected chi connectivity index (χ0v) is 16.4. The lowest BCUT2D eigenvalue weighted by molar-refractivity contribution is -0.139. The smallest absolute Gasteiger partial charge is 0.254 e. The lowest BCUT2D eigenvalue weighted by Crippen LogP contribution is -2.47. The molecule has 0 radical (unpaired) electrons. The number of hydrogen-bond acceptors (Lipinski definition) is 3. The molecule has 144 valence electrons. The molecule has 2 aliphatic rings. The fraction of sp³-hybridized carbons (Fsp3) is 0.682. The first kappa shape index (κ1) is 19.4. The monoisotopic (exact) mass is 359 g/mol. The van der Waals surface area contributed by atoms with E-state index in [9.17, 15) is 4.79 Å². The molecule has 1 amide bonds. The molecule has 0 spiro atoms. The third-order valence-electron chi connectivity index (χ3n) is 5.57. The predicted molar refractivity (Wildman–Crippen MR) is 103 cm³/mol. The molecule has 0 aromatic heterocycles. The highest BCUT2D eigenvalue weighted by molar-refractivity contribution is 5.82. The number of carbonyl (C=O) groups excluding carboxylic acids is 1. The maximum atomic E-state index is 13.1. The average Bonchev–Trinajstić information content (AvgIpc) is 3.13. The van der Waals surface area contributed by atoms with Gasteiger partial charge in [-0.05, 0) is 36.7 Å². The first-order chi connectivity index (χ1) is 12.4. The number of hydrogen-bond donors (Lipinski definition) is 1. The normalized spacial score (nSPS) is 25.8. The third-order valence-corrected chi connectivity index (χ3v) is 5.57. The van der Waals surface area contributed by atoms with E-state index in [2.05, 4.69) is 26.1 Å². The Hall–Kier alpha value is -1.39. The summed E-state index contributed by atoms with van der Waals surface area (Å²) in [5.41, 5.74) is 1.03. The van der Waals surface area contributed by atoms with E-state index in [1.807, 2.05) is 30.3 Å². The molecule has 1 saturated heterocycles. The van der Waals surface area contributed by atoms with Crippen LogP contribution < -0.4 is 5.32 Å². The summed E-state index contributed by atoms with van der Waals surface area (Å²) in [7, 11) is 0. The van der Waals surface area contributed by atoms with E-state index >= 15 is 0 Å². The fourth-order valence-electron chi connectivity index (χ4n) is 3.94. The Labute approximate surface area is 157 Å². The van der Waals surface area contributed by atoms with Crippen LogP contribution >= 0.6 is 0 Å². The summed E-state index contributed by atoms with van der Waals surface area (Å²) in [5, 5.41) is 3.25. The molecule has 3 rings (SSSR count). The minimum absolute atomic E-state index is 0.0114. The minimum atomic E-state index is -0.518. The number of ether oxygens (including phenoxy) is 2. The van der Waals surface area contributed by atoms with E-state index in [0.29, 0.717) is 6.61 Å². The predicted octanol–water partition coefficient (Wildman–Crippen LogP) is 4.40. The van der Waals surface area contributed by atoms with Crippen LogP contribution in [0.1, 0.15) is 71.0 Å². The molecule has 1 aromatic carbocycles. The van der Waals surface area contributed by atoms with Crippen molar-refractivity contribution in [1.29, 1.82) is 0 Å². The topological polar surface area (TPSA) is 47.6 Å². The second kappa shape index (κ2) is 8.53. The molecule has 1 N–H and O–H groups in total. The summed E-state index contributed by atoms with van der Waals surface area (Å²) >= 11 is 0. The van der Waals surface area contributed by atoms with Crippen LogP contribution in [0.3, 0.4) is 0 Å². The molecule has 1 aliphatic heterocycles. The van der Waals surface area contributed by atoms with Gasteiger partial charge in [0, 0.05) is 12.6 Å². The summed E-state index contributed by atoms with van der Waals surface area (Å²) in [6.07, 6.45) is 6.08. The first-order valence-corrected chi connectivity index (χ1v) is 10.1. The number of nitrogens with one attached hydrogen (secondary N) is 1. The summed E-state index contributed by atoms with van der Waals surface area (Å²) in [6.45, 7) is 7.28. The largest absolute Gasteiger partial charge is 0.378 e. The zero-order chi connectivity index (χ0) is 18.6. The Morgan fingerprint density at radius 1 is 1.15 bits per heavy atom. The van der Waals surface area contributed by atoms with Crippen molar-refractivity contribution in [3.05, 3.63) is 35.9 Å². The second-order valence-corrected chi connectivity index (χ2v) is 8.79. The third kappa shape index (κ3) is 5.08. The summed E-state index contributed by atoms with van der Waals surface area (Å²) < 4.78 is 12.2. The molecule has 1 saturated carbocycles. The quantitative estimate of drug-likeness (QED) is 0.848. The van der Waals surface area contributed by atoms with Crippen molar-refractivity contribution in [3.63, 3.8) is 0 Å². The Balaban J connectivity index is 1.67. The van der Waals surface area contributed by atoms with Gasteiger partial charge in [-0.2, -0.15) is 0 Å². The lowest BCUT2D eigenvalue weighted by Gasteiger charge is -2.38. The maximum absolute atomic E-state index is 13.1. The molecule has 0 bridgehead atoms. The van der Waals surface area contributed by atoms with Gasteiger partial charge in [0.25, 0.3) is 5.91 Å². The Morgan fingerprint density at radius 3 is 2.50 bits per heavy atom.